The number of hydrogen-bond acceptors (Lipinski definition) is 3. The third-order valence-corrected chi connectivity index (χ3v) is 3.48. The molecule has 0 aliphatic carbocycles. The SMILES string of the molecule is Cc1ccoc1C(O)Cc1ccc(Cl)s1. The van der Waals surface area contributed by atoms with Crippen molar-refractivity contribution in [3.63, 3.8) is 0 Å². The van der Waals surface area contributed by atoms with Gasteiger partial charge in [-0.2, -0.15) is 0 Å². The smallest absolute Gasteiger partial charge is 0.135 e. The lowest BCUT2D eigenvalue weighted by molar-refractivity contribution is 0.150. The Labute approximate surface area is 97.1 Å². The van der Waals surface area contributed by atoms with Gasteiger partial charge >= 0.3 is 0 Å². The first-order valence-electron chi connectivity index (χ1n) is 4.63. The van der Waals surface area contributed by atoms with Gasteiger partial charge in [-0.15, -0.1) is 11.3 Å². The van der Waals surface area contributed by atoms with Gasteiger partial charge in [-0.3, -0.25) is 0 Å². The summed E-state index contributed by atoms with van der Waals surface area (Å²) in [6.07, 6.45) is 1.55. The topological polar surface area (TPSA) is 33.4 Å². The Hall–Kier alpha value is -0.770. The summed E-state index contributed by atoms with van der Waals surface area (Å²) in [5, 5.41) is 9.92. The molecule has 2 aromatic heterocycles. The highest BCUT2D eigenvalue weighted by Gasteiger charge is 2.15. The molecule has 0 aliphatic rings. The Morgan fingerprint density at radius 1 is 1.47 bits per heavy atom. The molecule has 1 N–H and O–H groups in total. The Morgan fingerprint density at radius 2 is 2.27 bits per heavy atom. The molecule has 0 spiro atoms. The van der Waals surface area contributed by atoms with Crippen LogP contribution in [0.15, 0.2) is 28.9 Å². The number of furan rings is 1. The number of aryl methyl sites for hydroxylation is 1. The molecule has 1 atom stereocenters. The van der Waals surface area contributed by atoms with Crippen molar-refractivity contribution in [1.82, 2.24) is 0 Å². The Morgan fingerprint density at radius 3 is 2.80 bits per heavy atom. The predicted molar refractivity (Wildman–Crippen MR) is 61.4 cm³/mol. The van der Waals surface area contributed by atoms with Crippen LogP contribution in [-0.2, 0) is 6.42 Å². The average Bonchev–Trinajstić information content (AvgIpc) is 2.75. The highest BCUT2D eigenvalue weighted by molar-refractivity contribution is 7.16. The molecular weight excluding hydrogens is 232 g/mol. The Balaban J connectivity index is 2.10. The van der Waals surface area contributed by atoms with Gasteiger partial charge < -0.3 is 9.52 Å². The molecule has 4 heteroatoms. The third kappa shape index (κ3) is 2.43. The van der Waals surface area contributed by atoms with Gasteiger partial charge in [-0.1, -0.05) is 11.6 Å². The van der Waals surface area contributed by atoms with E-state index in [4.69, 9.17) is 16.0 Å². The van der Waals surface area contributed by atoms with E-state index in [0.717, 1.165) is 14.8 Å². The van der Waals surface area contributed by atoms with Crippen molar-refractivity contribution in [2.24, 2.45) is 0 Å². The second kappa shape index (κ2) is 4.39. The largest absolute Gasteiger partial charge is 0.466 e. The molecule has 0 amide bonds. The lowest BCUT2D eigenvalue weighted by Gasteiger charge is -2.06. The molecule has 0 fully saturated rings. The molecule has 2 heterocycles. The van der Waals surface area contributed by atoms with Crippen LogP contribution in [0.3, 0.4) is 0 Å². The monoisotopic (exact) mass is 242 g/mol. The first-order valence-corrected chi connectivity index (χ1v) is 5.82. The third-order valence-electron chi connectivity index (χ3n) is 2.23. The molecular formula is C11H11ClO2S. The minimum absolute atomic E-state index is 0.547. The Bertz CT molecular complexity index is 447. The van der Waals surface area contributed by atoms with E-state index in [1.54, 1.807) is 6.26 Å². The van der Waals surface area contributed by atoms with Gasteiger partial charge in [0.1, 0.15) is 11.9 Å². The van der Waals surface area contributed by atoms with Gasteiger partial charge in [-0.25, -0.2) is 0 Å². The summed E-state index contributed by atoms with van der Waals surface area (Å²) in [6.45, 7) is 1.92. The van der Waals surface area contributed by atoms with E-state index < -0.39 is 6.10 Å². The predicted octanol–water partition coefficient (Wildman–Crippen LogP) is 3.58. The van der Waals surface area contributed by atoms with Gasteiger partial charge in [0, 0.05) is 11.3 Å². The second-order valence-electron chi connectivity index (χ2n) is 3.39. The fourth-order valence-corrected chi connectivity index (χ4v) is 2.59. The summed E-state index contributed by atoms with van der Waals surface area (Å²) in [5.41, 5.74) is 0.977. The maximum absolute atomic E-state index is 9.92. The van der Waals surface area contributed by atoms with E-state index in [0.29, 0.717) is 12.2 Å². The molecule has 0 radical (unpaired) electrons. The van der Waals surface area contributed by atoms with Crippen LogP contribution in [0.25, 0.3) is 0 Å². The van der Waals surface area contributed by atoms with Crippen LogP contribution in [0.5, 0.6) is 0 Å². The molecule has 1 unspecified atom stereocenters. The van der Waals surface area contributed by atoms with Crippen LogP contribution in [0.2, 0.25) is 4.34 Å². The molecule has 80 valence electrons. The fourth-order valence-electron chi connectivity index (χ4n) is 1.47. The Kier molecular flexibility index (Phi) is 3.14. The summed E-state index contributed by atoms with van der Waals surface area (Å²) in [6, 6.07) is 5.61. The average molecular weight is 243 g/mol. The zero-order valence-electron chi connectivity index (χ0n) is 8.24. The molecule has 0 saturated heterocycles. The highest BCUT2D eigenvalue weighted by atomic mass is 35.5. The quantitative estimate of drug-likeness (QED) is 0.893. The number of hydrogen-bond donors (Lipinski definition) is 1. The lowest BCUT2D eigenvalue weighted by atomic mass is 10.1. The van der Waals surface area contributed by atoms with Crippen LogP contribution >= 0.6 is 22.9 Å². The van der Waals surface area contributed by atoms with Crippen molar-refractivity contribution in [3.8, 4) is 0 Å². The lowest BCUT2D eigenvalue weighted by Crippen LogP contribution is -2.00. The van der Waals surface area contributed by atoms with E-state index in [1.165, 1.54) is 11.3 Å². The molecule has 2 aromatic rings. The van der Waals surface area contributed by atoms with Crippen molar-refractivity contribution in [3.05, 3.63) is 45.0 Å². The summed E-state index contributed by atoms with van der Waals surface area (Å²) >= 11 is 7.30. The molecule has 15 heavy (non-hydrogen) atoms. The van der Waals surface area contributed by atoms with Crippen LogP contribution in [-0.4, -0.2) is 5.11 Å². The van der Waals surface area contributed by atoms with E-state index in [2.05, 4.69) is 0 Å². The standard InChI is InChI=1S/C11H11ClO2S/c1-7-4-5-14-11(7)9(13)6-8-2-3-10(12)15-8/h2-5,9,13H,6H2,1H3. The number of rotatable bonds is 3. The summed E-state index contributed by atoms with van der Waals surface area (Å²) in [5.74, 6) is 0.638. The van der Waals surface area contributed by atoms with Gasteiger partial charge in [0.05, 0.1) is 10.6 Å². The molecule has 0 saturated carbocycles. The number of aliphatic hydroxyl groups is 1. The summed E-state index contributed by atoms with van der Waals surface area (Å²) in [4.78, 5) is 1.06. The van der Waals surface area contributed by atoms with Crippen molar-refractivity contribution >= 4 is 22.9 Å². The van der Waals surface area contributed by atoms with Crippen LogP contribution in [0.1, 0.15) is 22.3 Å². The maximum atomic E-state index is 9.92. The van der Waals surface area contributed by atoms with Crippen molar-refractivity contribution in [1.29, 1.82) is 0 Å². The minimum Gasteiger partial charge on any atom is -0.466 e. The van der Waals surface area contributed by atoms with Gasteiger partial charge in [-0.05, 0) is 30.7 Å². The van der Waals surface area contributed by atoms with E-state index >= 15 is 0 Å². The van der Waals surface area contributed by atoms with Gasteiger partial charge in [0.2, 0.25) is 0 Å². The number of thiophene rings is 1. The van der Waals surface area contributed by atoms with Gasteiger partial charge in [0.25, 0.3) is 0 Å². The number of halogens is 1. The molecule has 2 nitrogen and oxygen atoms in total. The zero-order chi connectivity index (χ0) is 10.8. The zero-order valence-corrected chi connectivity index (χ0v) is 9.81. The summed E-state index contributed by atoms with van der Waals surface area (Å²) < 4.78 is 5.97. The van der Waals surface area contributed by atoms with Crippen molar-refractivity contribution < 1.29 is 9.52 Å². The first-order chi connectivity index (χ1) is 7.16. The fraction of sp³-hybridized carbons (Fsp3) is 0.273. The maximum Gasteiger partial charge on any atom is 0.135 e. The van der Waals surface area contributed by atoms with Crippen LogP contribution in [0.4, 0.5) is 0 Å². The molecule has 2 rings (SSSR count). The van der Waals surface area contributed by atoms with E-state index in [1.807, 2.05) is 25.1 Å². The first kappa shape index (κ1) is 10.7. The minimum atomic E-state index is -0.588. The summed E-state index contributed by atoms with van der Waals surface area (Å²) in [7, 11) is 0. The van der Waals surface area contributed by atoms with E-state index in [-0.39, 0.29) is 0 Å². The molecule has 0 bridgehead atoms. The normalized spacial score (nSPS) is 13.0. The van der Waals surface area contributed by atoms with E-state index in [9.17, 15) is 5.11 Å². The van der Waals surface area contributed by atoms with Crippen molar-refractivity contribution in [2.75, 3.05) is 0 Å². The van der Waals surface area contributed by atoms with Crippen molar-refractivity contribution in [2.45, 2.75) is 19.4 Å². The molecule has 0 aromatic carbocycles. The second-order valence-corrected chi connectivity index (χ2v) is 5.19. The van der Waals surface area contributed by atoms with Crippen LogP contribution < -0.4 is 0 Å². The van der Waals surface area contributed by atoms with Crippen LogP contribution in [0, 0.1) is 6.92 Å². The van der Waals surface area contributed by atoms with Gasteiger partial charge in [0.15, 0.2) is 0 Å². The highest BCUT2D eigenvalue weighted by Crippen LogP contribution is 2.27. The molecule has 0 aliphatic heterocycles. The number of aliphatic hydroxyl groups excluding tert-OH is 1.